The topological polar surface area (TPSA) is 53.4 Å². The van der Waals surface area contributed by atoms with Crippen LogP contribution in [-0.2, 0) is 11.2 Å². The number of aliphatic hydroxyl groups excluding tert-OH is 1. The molecule has 0 aliphatic carbocycles. The second-order valence-electron chi connectivity index (χ2n) is 4.13. The largest absolute Gasteiger partial charge is 0.396 e. The minimum Gasteiger partial charge on any atom is -0.396 e. The van der Waals surface area contributed by atoms with Crippen molar-refractivity contribution in [3.63, 3.8) is 0 Å². The van der Waals surface area contributed by atoms with Gasteiger partial charge in [0.2, 0.25) is 5.91 Å². The summed E-state index contributed by atoms with van der Waals surface area (Å²) in [6.45, 7) is 0.985. The first-order valence-corrected chi connectivity index (χ1v) is 5.97. The highest BCUT2D eigenvalue weighted by Crippen LogP contribution is 2.02. The zero-order chi connectivity index (χ0) is 12.5. The summed E-state index contributed by atoms with van der Waals surface area (Å²) in [7, 11) is 1.82. The van der Waals surface area contributed by atoms with Crippen molar-refractivity contribution >= 4 is 5.91 Å². The number of hydrogen-bond donors (Lipinski definition) is 1. The normalized spacial score (nSPS) is 10.2. The van der Waals surface area contributed by atoms with Crippen molar-refractivity contribution in [1.29, 1.82) is 0 Å². The summed E-state index contributed by atoms with van der Waals surface area (Å²) in [5.41, 5.74) is 0.993. The highest BCUT2D eigenvalue weighted by Gasteiger charge is 2.08. The average Bonchev–Trinajstić information content (AvgIpc) is 2.35. The Morgan fingerprint density at radius 2 is 2.00 bits per heavy atom. The lowest BCUT2D eigenvalue weighted by atomic mass is 10.2. The zero-order valence-electron chi connectivity index (χ0n) is 10.3. The summed E-state index contributed by atoms with van der Waals surface area (Å²) in [4.78, 5) is 17.5. The van der Waals surface area contributed by atoms with Gasteiger partial charge < -0.3 is 10.0 Å². The molecule has 0 radical (unpaired) electrons. The van der Waals surface area contributed by atoms with E-state index in [-0.39, 0.29) is 12.5 Å². The number of hydrogen-bond acceptors (Lipinski definition) is 3. The van der Waals surface area contributed by atoms with E-state index in [9.17, 15) is 4.79 Å². The quantitative estimate of drug-likeness (QED) is 0.725. The number of unbranched alkanes of at least 4 members (excludes halogenated alkanes) is 2. The molecule has 0 saturated carbocycles. The molecule has 0 fully saturated rings. The molecule has 4 heteroatoms. The van der Waals surface area contributed by atoms with Gasteiger partial charge >= 0.3 is 0 Å². The van der Waals surface area contributed by atoms with Crippen LogP contribution in [-0.4, -0.2) is 41.1 Å². The molecule has 0 atom stereocenters. The second kappa shape index (κ2) is 7.79. The van der Waals surface area contributed by atoms with Crippen LogP contribution in [0.5, 0.6) is 0 Å². The maximum Gasteiger partial charge on any atom is 0.226 e. The van der Waals surface area contributed by atoms with E-state index in [2.05, 4.69) is 4.98 Å². The Morgan fingerprint density at radius 3 is 2.65 bits per heavy atom. The fourth-order valence-corrected chi connectivity index (χ4v) is 1.57. The van der Waals surface area contributed by atoms with E-state index < -0.39 is 0 Å². The number of likely N-dealkylation sites (N-methyl/N-ethyl adjacent to an activating group) is 1. The van der Waals surface area contributed by atoms with Gasteiger partial charge in [0, 0.05) is 32.6 Å². The third-order valence-electron chi connectivity index (χ3n) is 2.68. The van der Waals surface area contributed by atoms with Crippen molar-refractivity contribution in [1.82, 2.24) is 9.88 Å². The number of amides is 1. The van der Waals surface area contributed by atoms with Crippen LogP contribution in [0.3, 0.4) is 0 Å². The molecule has 0 aliphatic rings. The Balaban J connectivity index is 2.27. The van der Waals surface area contributed by atoms with Crippen LogP contribution in [0.25, 0.3) is 0 Å². The Morgan fingerprint density at radius 1 is 1.29 bits per heavy atom. The molecule has 0 spiro atoms. The molecular weight excluding hydrogens is 216 g/mol. The van der Waals surface area contributed by atoms with Crippen LogP contribution in [0, 0.1) is 0 Å². The number of aromatic nitrogens is 1. The fraction of sp³-hybridized carbons (Fsp3) is 0.538. The Kier molecular flexibility index (Phi) is 6.25. The molecule has 1 aromatic rings. The van der Waals surface area contributed by atoms with E-state index in [1.54, 1.807) is 17.3 Å². The molecule has 0 saturated heterocycles. The molecule has 1 amide bonds. The third-order valence-corrected chi connectivity index (χ3v) is 2.68. The number of carbonyl (C=O) groups excluding carboxylic acids is 1. The van der Waals surface area contributed by atoms with Gasteiger partial charge in [-0.05, 0) is 37.0 Å². The monoisotopic (exact) mass is 236 g/mol. The van der Waals surface area contributed by atoms with E-state index in [1.165, 1.54) is 0 Å². The molecule has 1 aromatic heterocycles. The number of aliphatic hydroxyl groups is 1. The maximum absolute atomic E-state index is 11.8. The SMILES string of the molecule is CN(CCCCCO)C(=O)Cc1ccncc1. The van der Waals surface area contributed by atoms with Gasteiger partial charge in [-0.25, -0.2) is 0 Å². The average molecular weight is 236 g/mol. The van der Waals surface area contributed by atoms with Crippen LogP contribution in [0.2, 0.25) is 0 Å². The van der Waals surface area contributed by atoms with Gasteiger partial charge in [-0.2, -0.15) is 0 Å². The molecule has 94 valence electrons. The summed E-state index contributed by atoms with van der Waals surface area (Å²) >= 11 is 0. The summed E-state index contributed by atoms with van der Waals surface area (Å²) < 4.78 is 0. The van der Waals surface area contributed by atoms with Crippen LogP contribution in [0.1, 0.15) is 24.8 Å². The van der Waals surface area contributed by atoms with Gasteiger partial charge in [-0.3, -0.25) is 9.78 Å². The predicted molar refractivity (Wildman–Crippen MR) is 66.5 cm³/mol. The first-order valence-electron chi connectivity index (χ1n) is 5.97. The van der Waals surface area contributed by atoms with E-state index >= 15 is 0 Å². The molecule has 0 aliphatic heterocycles. The van der Waals surface area contributed by atoms with Crippen LogP contribution in [0.4, 0.5) is 0 Å². The molecule has 17 heavy (non-hydrogen) atoms. The molecule has 0 unspecified atom stereocenters. The van der Waals surface area contributed by atoms with Gasteiger partial charge in [0.15, 0.2) is 0 Å². The molecule has 0 bridgehead atoms. The lowest BCUT2D eigenvalue weighted by Gasteiger charge is -2.16. The highest BCUT2D eigenvalue weighted by atomic mass is 16.2. The van der Waals surface area contributed by atoms with Crippen molar-refractivity contribution < 1.29 is 9.90 Å². The highest BCUT2D eigenvalue weighted by molar-refractivity contribution is 5.78. The summed E-state index contributed by atoms with van der Waals surface area (Å²) in [6, 6.07) is 3.72. The van der Waals surface area contributed by atoms with Crippen LogP contribution < -0.4 is 0 Å². The first kappa shape index (κ1) is 13.6. The molecular formula is C13H20N2O2. The second-order valence-corrected chi connectivity index (χ2v) is 4.13. The van der Waals surface area contributed by atoms with Crippen molar-refractivity contribution in [2.75, 3.05) is 20.2 Å². The molecule has 1 heterocycles. The minimum absolute atomic E-state index is 0.125. The fourth-order valence-electron chi connectivity index (χ4n) is 1.57. The predicted octanol–water partition coefficient (Wildman–Crippen LogP) is 1.25. The van der Waals surface area contributed by atoms with Crippen molar-refractivity contribution in [2.45, 2.75) is 25.7 Å². The first-order chi connectivity index (χ1) is 8.24. The number of rotatable bonds is 7. The van der Waals surface area contributed by atoms with Gasteiger partial charge in [0.25, 0.3) is 0 Å². The number of carbonyl (C=O) groups is 1. The Labute approximate surface area is 102 Å². The standard InChI is InChI=1S/C13H20N2O2/c1-15(9-3-2-4-10-16)13(17)11-12-5-7-14-8-6-12/h5-8,16H,2-4,9-11H2,1H3. The summed E-state index contributed by atoms with van der Waals surface area (Å²) in [5.74, 6) is 0.125. The van der Waals surface area contributed by atoms with E-state index in [0.717, 1.165) is 31.4 Å². The van der Waals surface area contributed by atoms with Gasteiger partial charge in [-0.15, -0.1) is 0 Å². The minimum atomic E-state index is 0.125. The van der Waals surface area contributed by atoms with Crippen LogP contribution >= 0.6 is 0 Å². The van der Waals surface area contributed by atoms with Gasteiger partial charge in [0.1, 0.15) is 0 Å². The smallest absolute Gasteiger partial charge is 0.226 e. The van der Waals surface area contributed by atoms with Crippen molar-refractivity contribution in [3.05, 3.63) is 30.1 Å². The zero-order valence-corrected chi connectivity index (χ0v) is 10.3. The molecule has 1 N–H and O–H groups in total. The molecule has 0 aromatic carbocycles. The molecule has 4 nitrogen and oxygen atoms in total. The third kappa shape index (κ3) is 5.45. The lowest BCUT2D eigenvalue weighted by Crippen LogP contribution is -2.29. The lowest BCUT2D eigenvalue weighted by molar-refractivity contribution is -0.129. The van der Waals surface area contributed by atoms with Gasteiger partial charge in [0.05, 0.1) is 6.42 Å². The summed E-state index contributed by atoms with van der Waals surface area (Å²) in [6.07, 6.45) is 6.54. The van der Waals surface area contributed by atoms with E-state index in [1.807, 2.05) is 19.2 Å². The van der Waals surface area contributed by atoms with Crippen molar-refractivity contribution in [3.8, 4) is 0 Å². The van der Waals surface area contributed by atoms with Crippen molar-refractivity contribution in [2.24, 2.45) is 0 Å². The Bertz CT molecular complexity index is 327. The number of nitrogens with zero attached hydrogens (tertiary/aromatic N) is 2. The Hall–Kier alpha value is -1.42. The van der Waals surface area contributed by atoms with Gasteiger partial charge in [-0.1, -0.05) is 0 Å². The molecule has 1 rings (SSSR count). The van der Waals surface area contributed by atoms with Crippen LogP contribution in [0.15, 0.2) is 24.5 Å². The summed E-state index contributed by atoms with van der Waals surface area (Å²) in [5, 5.41) is 8.65. The number of pyridine rings is 1. The van der Waals surface area contributed by atoms with E-state index in [0.29, 0.717) is 6.42 Å². The maximum atomic E-state index is 11.8. The van der Waals surface area contributed by atoms with E-state index in [4.69, 9.17) is 5.11 Å².